The highest BCUT2D eigenvalue weighted by atomic mass is 32.2. The van der Waals surface area contributed by atoms with E-state index in [1.165, 1.54) is 24.3 Å². The molecule has 0 aliphatic carbocycles. The third kappa shape index (κ3) is 5.85. The third-order valence-electron chi connectivity index (χ3n) is 4.20. The first kappa shape index (κ1) is 21.0. The Morgan fingerprint density at radius 3 is 2.04 bits per heavy atom. The number of sulfone groups is 1. The van der Waals surface area contributed by atoms with Crippen molar-refractivity contribution in [2.45, 2.75) is 36.8 Å². The maximum Gasteiger partial charge on any atom is 0.233 e. The van der Waals surface area contributed by atoms with E-state index in [0.29, 0.717) is 5.06 Å². The Kier molecular flexibility index (Phi) is 7.06. The largest absolute Gasteiger partial charge is 0.393 e. The number of carbonyl (C=O) groups is 1. The molecule has 146 valence electrons. The highest BCUT2D eigenvalue weighted by Crippen LogP contribution is 2.23. The van der Waals surface area contributed by atoms with Gasteiger partial charge in [0.05, 0.1) is 22.8 Å². The van der Waals surface area contributed by atoms with Crippen LogP contribution in [0.25, 0.3) is 11.1 Å². The highest BCUT2D eigenvalue weighted by Gasteiger charge is 2.25. The molecular weight excluding hydrogens is 373 g/mol. The quantitative estimate of drug-likeness (QED) is 0.387. The van der Waals surface area contributed by atoms with Crippen LogP contribution in [0.2, 0.25) is 0 Å². The van der Waals surface area contributed by atoms with Crippen LogP contribution in [0.3, 0.4) is 0 Å². The number of amides is 1. The van der Waals surface area contributed by atoms with E-state index in [-0.39, 0.29) is 30.0 Å². The first-order valence-corrected chi connectivity index (χ1v) is 10.1. The first-order chi connectivity index (χ1) is 12.7. The van der Waals surface area contributed by atoms with Crippen LogP contribution in [0.1, 0.15) is 19.8 Å². The summed E-state index contributed by atoms with van der Waals surface area (Å²) in [6.45, 7) is 1.54. The van der Waals surface area contributed by atoms with Gasteiger partial charge in [-0.25, -0.2) is 17.9 Å². The number of halogens is 1. The molecule has 2 N–H and O–H groups in total. The van der Waals surface area contributed by atoms with Gasteiger partial charge in [-0.3, -0.25) is 10.0 Å². The van der Waals surface area contributed by atoms with Crippen molar-refractivity contribution in [3.05, 3.63) is 54.3 Å². The molecule has 2 aromatic rings. The second-order valence-electron chi connectivity index (χ2n) is 6.38. The van der Waals surface area contributed by atoms with Gasteiger partial charge >= 0.3 is 0 Å². The Labute approximate surface area is 157 Å². The molecule has 0 fully saturated rings. The molecule has 2 unspecified atom stereocenters. The number of benzene rings is 2. The van der Waals surface area contributed by atoms with E-state index in [1.807, 2.05) is 0 Å². The van der Waals surface area contributed by atoms with Gasteiger partial charge in [0.2, 0.25) is 6.41 Å². The second-order valence-corrected chi connectivity index (χ2v) is 8.41. The minimum Gasteiger partial charge on any atom is -0.393 e. The summed E-state index contributed by atoms with van der Waals surface area (Å²) in [6, 6.07) is 11.0. The van der Waals surface area contributed by atoms with Crippen molar-refractivity contribution in [3.63, 3.8) is 0 Å². The maximum atomic E-state index is 13.0. The summed E-state index contributed by atoms with van der Waals surface area (Å²) >= 11 is 0. The Morgan fingerprint density at radius 2 is 1.56 bits per heavy atom. The van der Waals surface area contributed by atoms with Crippen LogP contribution in [-0.2, 0) is 14.6 Å². The van der Waals surface area contributed by atoms with Crippen molar-refractivity contribution in [3.8, 4) is 11.1 Å². The summed E-state index contributed by atoms with van der Waals surface area (Å²) in [5.74, 6) is -0.824. The Hall–Kier alpha value is -2.29. The molecule has 2 aromatic carbocycles. The number of nitrogens with zero attached hydrogens (tertiary/aromatic N) is 1. The monoisotopic (exact) mass is 395 g/mol. The van der Waals surface area contributed by atoms with E-state index in [2.05, 4.69) is 0 Å². The zero-order valence-electron chi connectivity index (χ0n) is 14.8. The highest BCUT2D eigenvalue weighted by molar-refractivity contribution is 7.91. The number of hydroxylamine groups is 2. The van der Waals surface area contributed by atoms with Crippen molar-refractivity contribution in [1.82, 2.24) is 5.06 Å². The van der Waals surface area contributed by atoms with Crippen LogP contribution >= 0.6 is 0 Å². The molecule has 0 bridgehead atoms. The van der Waals surface area contributed by atoms with Gasteiger partial charge in [0.1, 0.15) is 5.82 Å². The second kappa shape index (κ2) is 9.07. The van der Waals surface area contributed by atoms with Gasteiger partial charge in [-0.15, -0.1) is 0 Å². The first-order valence-electron chi connectivity index (χ1n) is 8.42. The van der Waals surface area contributed by atoms with Crippen molar-refractivity contribution in [1.29, 1.82) is 0 Å². The standard InChI is InChI=1S/C19H22FNO5S/c1-14(23)2-9-18(21(24)13-22)12-27(25,26)19-10-5-16(6-11-19)15-3-7-17(20)8-4-15/h3-8,10-11,13-14,18,23-24H,2,9,12H2,1H3. The average molecular weight is 395 g/mol. The summed E-state index contributed by atoms with van der Waals surface area (Å²) < 4.78 is 38.3. The normalized spacial score (nSPS) is 13.8. The third-order valence-corrected chi connectivity index (χ3v) is 6.02. The van der Waals surface area contributed by atoms with Gasteiger partial charge in [0, 0.05) is 0 Å². The predicted octanol–water partition coefficient (Wildman–Crippen LogP) is 2.64. The SMILES string of the molecule is CC(O)CCC(CS(=O)(=O)c1ccc(-c2ccc(F)cc2)cc1)N(O)C=O. The van der Waals surface area contributed by atoms with Crippen LogP contribution in [0, 0.1) is 5.82 Å². The van der Waals surface area contributed by atoms with E-state index in [4.69, 9.17) is 0 Å². The van der Waals surface area contributed by atoms with Crippen molar-refractivity contribution >= 4 is 16.2 Å². The molecule has 0 aliphatic rings. The molecule has 27 heavy (non-hydrogen) atoms. The summed E-state index contributed by atoms with van der Waals surface area (Å²) in [5.41, 5.74) is 1.48. The smallest absolute Gasteiger partial charge is 0.233 e. The molecule has 0 saturated carbocycles. The average Bonchev–Trinajstić information content (AvgIpc) is 2.65. The number of hydrogen-bond donors (Lipinski definition) is 2. The Morgan fingerprint density at radius 1 is 1.04 bits per heavy atom. The summed E-state index contributed by atoms with van der Waals surface area (Å²) in [5, 5.41) is 19.3. The van der Waals surface area contributed by atoms with Gasteiger partial charge in [-0.2, -0.15) is 0 Å². The zero-order chi connectivity index (χ0) is 20.0. The van der Waals surface area contributed by atoms with E-state index in [9.17, 15) is 27.9 Å². The molecule has 2 atom stereocenters. The Balaban J connectivity index is 2.18. The fourth-order valence-electron chi connectivity index (χ4n) is 2.66. The molecule has 0 heterocycles. The van der Waals surface area contributed by atoms with Gasteiger partial charge in [0.15, 0.2) is 9.84 Å². The molecule has 0 spiro atoms. The van der Waals surface area contributed by atoms with E-state index in [0.717, 1.165) is 11.1 Å². The fraction of sp³-hybridized carbons (Fsp3) is 0.316. The molecule has 6 nitrogen and oxygen atoms in total. The minimum atomic E-state index is -3.77. The predicted molar refractivity (Wildman–Crippen MR) is 98.3 cm³/mol. The zero-order valence-corrected chi connectivity index (χ0v) is 15.6. The Bertz CT molecular complexity index is 851. The number of aliphatic hydroxyl groups is 1. The number of carbonyl (C=O) groups excluding carboxylic acids is 1. The lowest BCUT2D eigenvalue weighted by atomic mass is 10.1. The molecule has 2 rings (SSSR count). The summed E-state index contributed by atoms with van der Waals surface area (Å²) in [4.78, 5) is 10.9. The summed E-state index contributed by atoms with van der Waals surface area (Å²) in [6.07, 6.45) is -0.140. The van der Waals surface area contributed by atoms with Gasteiger partial charge in [-0.1, -0.05) is 24.3 Å². The number of rotatable bonds is 9. The summed E-state index contributed by atoms with van der Waals surface area (Å²) in [7, 11) is -3.77. The lowest BCUT2D eigenvalue weighted by Crippen LogP contribution is -2.37. The van der Waals surface area contributed by atoms with Crippen LogP contribution in [-0.4, -0.2) is 48.1 Å². The van der Waals surface area contributed by atoms with Crippen LogP contribution < -0.4 is 0 Å². The van der Waals surface area contributed by atoms with Gasteiger partial charge in [-0.05, 0) is 55.2 Å². The lowest BCUT2D eigenvalue weighted by molar-refractivity contribution is -0.159. The molecule has 8 heteroatoms. The molecule has 1 amide bonds. The topological polar surface area (TPSA) is 94.9 Å². The lowest BCUT2D eigenvalue weighted by Gasteiger charge is -2.23. The van der Waals surface area contributed by atoms with Crippen LogP contribution in [0.4, 0.5) is 4.39 Å². The van der Waals surface area contributed by atoms with Crippen LogP contribution in [0.15, 0.2) is 53.4 Å². The van der Waals surface area contributed by atoms with E-state index >= 15 is 0 Å². The molecular formula is C19H22FNO5S. The van der Waals surface area contributed by atoms with Crippen molar-refractivity contribution in [2.75, 3.05) is 5.75 Å². The van der Waals surface area contributed by atoms with Crippen molar-refractivity contribution < 1.29 is 27.9 Å². The maximum absolute atomic E-state index is 13.0. The number of hydrogen-bond acceptors (Lipinski definition) is 5. The van der Waals surface area contributed by atoms with Crippen molar-refractivity contribution in [2.24, 2.45) is 0 Å². The van der Waals surface area contributed by atoms with Crippen LogP contribution in [0.5, 0.6) is 0 Å². The van der Waals surface area contributed by atoms with E-state index in [1.54, 1.807) is 31.2 Å². The number of aliphatic hydroxyl groups excluding tert-OH is 1. The van der Waals surface area contributed by atoms with E-state index < -0.39 is 27.7 Å². The van der Waals surface area contributed by atoms with Gasteiger partial charge < -0.3 is 5.11 Å². The molecule has 0 radical (unpaired) electrons. The fourth-order valence-corrected chi connectivity index (χ4v) is 4.23. The molecule has 0 aromatic heterocycles. The minimum absolute atomic E-state index is 0.0507. The van der Waals surface area contributed by atoms with Gasteiger partial charge in [0.25, 0.3) is 0 Å². The molecule has 0 aliphatic heterocycles. The molecule has 0 saturated heterocycles.